The maximum Gasteiger partial charge on any atom is 0.352 e. The van der Waals surface area contributed by atoms with Crippen LogP contribution in [0.4, 0.5) is 0 Å². The topological polar surface area (TPSA) is 42.2 Å². The third kappa shape index (κ3) is 2.65. The first-order valence-corrected chi connectivity index (χ1v) is 7.00. The summed E-state index contributed by atoms with van der Waals surface area (Å²) in [6.07, 6.45) is 0. The molecule has 1 heterocycles. The highest BCUT2D eigenvalue weighted by atomic mass is 35.5. The van der Waals surface area contributed by atoms with Gasteiger partial charge in [-0.15, -0.1) is 0 Å². The summed E-state index contributed by atoms with van der Waals surface area (Å²) in [7, 11) is 0. The minimum Gasteiger partial charge on any atom is -0.477 e. The monoisotopic (exact) mass is 299 g/mol. The van der Waals surface area contributed by atoms with Crippen LogP contribution in [0.2, 0.25) is 5.02 Å². The van der Waals surface area contributed by atoms with E-state index < -0.39 is 5.97 Å². The van der Waals surface area contributed by atoms with Crippen molar-refractivity contribution in [2.24, 2.45) is 0 Å². The molecule has 1 N–H and O–H groups in total. The highest BCUT2D eigenvalue weighted by Crippen LogP contribution is 2.24. The summed E-state index contributed by atoms with van der Waals surface area (Å²) in [4.78, 5) is 11.5. The first-order valence-electron chi connectivity index (χ1n) is 6.62. The molecule has 3 rings (SSSR count). The molecule has 4 heteroatoms. The Morgan fingerprint density at radius 2 is 1.86 bits per heavy atom. The minimum absolute atomic E-state index is 0.271. The molecule has 0 unspecified atom stereocenters. The van der Waals surface area contributed by atoms with Crippen molar-refractivity contribution in [3.8, 4) is 0 Å². The van der Waals surface area contributed by atoms with Crippen LogP contribution in [-0.4, -0.2) is 15.6 Å². The molecule has 0 amide bonds. The number of benzene rings is 2. The fourth-order valence-corrected chi connectivity index (χ4v) is 2.65. The molecule has 1 aromatic heterocycles. The Kier molecular flexibility index (Phi) is 3.43. The fraction of sp³-hybridized carbons (Fsp3) is 0.118. The molecule has 0 bridgehead atoms. The lowest BCUT2D eigenvalue weighted by molar-refractivity contribution is 0.0686. The minimum atomic E-state index is -0.936. The fourth-order valence-electron chi connectivity index (χ4n) is 2.47. The van der Waals surface area contributed by atoms with Crippen molar-refractivity contribution in [3.63, 3.8) is 0 Å². The quantitative estimate of drug-likeness (QED) is 0.781. The van der Waals surface area contributed by atoms with Crippen LogP contribution < -0.4 is 0 Å². The SMILES string of the molecule is Cc1ccc(Cn2c(C(=O)O)cc3cc(Cl)ccc32)cc1. The van der Waals surface area contributed by atoms with Crippen LogP contribution in [0, 0.1) is 6.92 Å². The molecule has 0 radical (unpaired) electrons. The molecule has 0 aliphatic carbocycles. The average Bonchev–Trinajstić information content (AvgIpc) is 2.79. The van der Waals surface area contributed by atoms with Crippen molar-refractivity contribution >= 4 is 28.5 Å². The first kappa shape index (κ1) is 13.7. The number of carbonyl (C=O) groups is 1. The number of halogens is 1. The number of aryl methyl sites for hydroxylation is 1. The predicted molar refractivity (Wildman–Crippen MR) is 84.2 cm³/mol. The van der Waals surface area contributed by atoms with E-state index in [1.807, 2.05) is 37.3 Å². The molecule has 21 heavy (non-hydrogen) atoms. The van der Waals surface area contributed by atoms with Gasteiger partial charge in [-0.2, -0.15) is 0 Å². The Hall–Kier alpha value is -2.26. The van der Waals surface area contributed by atoms with Gasteiger partial charge in [0.1, 0.15) is 5.69 Å². The standard InChI is InChI=1S/C17H14ClNO2/c1-11-2-4-12(5-3-11)10-19-15-7-6-14(18)8-13(15)9-16(19)17(20)21/h2-9H,10H2,1H3,(H,20,21). The molecule has 0 saturated heterocycles. The molecule has 0 saturated carbocycles. The third-order valence-electron chi connectivity index (χ3n) is 3.54. The largest absolute Gasteiger partial charge is 0.477 e. The molecule has 0 spiro atoms. The number of carboxylic acid groups (broad SMARTS) is 1. The van der Waals surface area contributed by atoms with Crippen LogP contribution in [0.1, 0.15) is 21.6 Å². The summed E-state index contributed by atoms with van der Waals surface area (Å²) >= 11 is 5.98. The first-order chi connectivity index (χ1) is 10.0. The summed E-state index contributed by atoms with van der Waals surface area (Å²) in [6, 6.07) is 15.2. The van der Waals surface area contributed by atoms with E-state index in [0.29, 0.717) is 11.6 Å². The normalized spacial score (nSPS) is 11.0. The van der Waals surface area contributed by atoms with Crippen molar-refractivity contribution in [1.82, 2.24) is 4.57 Å². The van der Waals surface area contributed by atoms with Crippen LogP contribution in [-0.2, 0) is 6.54 Å². The van der Waals surface area contributed by atoms with Crippen molar-refractivity contribution in [3.05, 3.63) is 70.4 Å². The second-order valence-corrected chi connectivity index (χ2v) is 5.55. The highest BCUT2D eigenvalue weighted by Gasteiger charge is 2.15. The van der Waals surface area contributed by atoms with Crippen LogP contribution in [0.3, 0.4) is 0 Å². The Morgan fingerprint density at radius 1 is 1.14 bits per heavy atom. The highest BCUT2D eigenvalue weighted by molar-refractivity contribution is 6.31. The molecule has 0 fully saturated rings. The summed E-state index contributed by atoms with van der Waals surface area (Å²) < 4.78 is 1.80. The van der Waals surface area contributed by atoms with E-state index in [-0.39, 0.29) is 5.69 Å². The van der Waals surface area contributed by atoms with Crippen LogP contribution >= 0.6 is 11.6 Å². The maximum absolute atomic E-state index is 11.5. The van der Waals surface area contributed by atoms with Gasteiger partial charge in [0, 0.05) is 22.5 Å². The van der Waals surface area contributed by atoms with Gasteiger partial charge in [-0.1, -0.05) is 41.4 Å². The zero-order valence-electron chi connectivity index (χ0n) is 11.5. The van der Waals surface area contributed by atoms with Gasteiger partial charge >= 0.3 is 5.97 Å². The number of hydrogen-bond acceptors (Lipinski definition) is 1. The average molecular weight is 300 g/mol. The molecule has 106 valence electrons. The number of aromatic nitrogens is 1. The Labute approximate surface area is 127 Å². The molecule has 3 nitrogen and oxygen atoms in total. The van der Waals surface area contributed by atoms with E-state index >= 15 is 0 Å². The van der Waals surface area contributed by atoms with Gasteiger partial charge < -0.3 is 9.67 Å². The van der Waals surface area contributed by atoms with Crippen molar-refractivity contribution in [2.75, 3.05) is 0 Å². The van der Waals surface area contributed by atoms with Crippen molar-refractivity contribution in [2.45, 2.75) is 13.5 Å². The zero-order valence-corrected chi connectivity index (χ0v) is 12.3. The summed E-state index contributed by atoms with van der Waals surface area (Å²) in [5.41, 5.74) is 3.39. The Morgan fingerprint density at radius 3 is 2.52 bits per heavy atom. The Balaban J connectivity index is 2.13. The van der Waals surface area contributed by atoms with Gasteiger partial charge in [0.05, 0.1) is 0 Å². The Bertz CT molecular complexity index is 819. The lowest BCUT2D eigenvalue weighted by Gasteiger charge is -2.09. The summed E-state index contributed by atoms with van der Waals surface area (Å²) in [6.45, 7) is 2.55. The lowest BCUT2D eigenvalue weighted by atomic mass is 10.1. The summed E-state index contributed by atoms with van der Waals surface area (Å²) in [5, 5.41) is 10.8. The van der Waals surface area contributed by atoms with E-state index in [2.05, 4.69) is 0 Å². The zero-order chi connectivity index (χ0) is 15.0. The molecule has 0 aliphatic heterocycles. The number of fused-ring (bicyclic) bond motifs is 1. The molecule has 2 aromatic carbocycles. The van der Waals surface area contributed by atoms with Crippen LogP contribution in [0.5, 0.6) is 0 Å². The van der Waals surface area contributed by atoms with Gasteiger partial charge in [0.2, 0.25) is 0 Å². The number of carboxylic acids is 1. The van der Waals surface area contributed by atoms with Crippen molar-refractivity contribution < 1.29 is 9.90 Å². The summed E-state index contributed by atoms with van der Waals surface area (Å²) in [5.74, 6) is -0.936. The van der Waals surface area contributed by atoms with Gasteiger partial charge in [0.25, 0.3) is 0 Å². The number of aromatic carboxylic acids is 1. The molecule has 0 aliphatic rings. The van der Waals surface area contributed by atoms with E-state index in [4.69, 9.17) is 11.6 Å². The van der Waals surface area contributed by atoms with Gasteiger partial charge in [-0.3, -0.25) is 0 Å². The maximum atomic E-state index is 11.5. The van der Waals surface area contributed by atoms with Gasteiger partial charge in [0.15, 0.2) is 0 Å². The molecular weight excluding hydrogens is 286 g/mol. The number of nitrogens with zero attached hydrogens (tertiary/aromatic N) is 1. The van der Waals surface area contributed by atoms with E-state index in [1.54, 1.807) is 22.8 Å². The number of rotatable bonds is 3. The van der Waals surface area contributed by atoms with Gasteiger partial charge in [-0.05, 0) is 36.8 Å². The van der Waals surface area contributed by atoms with Crippen LogP contribution in [0.25, 0.3) is 10.9 Å². The van der Waals surface area contributed by atoms with Crippen molar-refractivity contribution in [1.29, 1.82) is 0 Å². The molecule has 3 aromatic rings. The number of hydrogen-bond donors (Lipinski definition) is 1. The molecular formula is C17H14ClNO2. The van der Waals surface area contributed by atoms with Crippen LogP contribution in [0.15, 0.2) is 48.5 Å². The van der Waals surface area contributed by atoms with E-state index in [0.717, 1.165) is 16.5 Å². The predicted octanol–water partition coefficient (Wildman–Crippen LogP) is 4.35. The van der Waals surface area contributed by atoms with E-state index in [1.165, 1.54) is 5.56 Å². The second kappa shape index (κ2) is 5.26. The second-order valence-electron chi connectivity index (χ2n) is 5.11. The third-order valence-corrected chi connectivity index (χ3v) is 3.78. The van der Waals surface area contributed by atoms with Gasteiger partial charge in [-0.25, -0.2) is 4.79 Å². The van der Waals surface area contributed by atoms with E-state index in [9.17, 15) is 9.90 Å². The lowest BCUT2D eigenvalue weighted by Crippen LogP contribution is -2.09. The molecule has 0 atom stereocenters. The smallest absolute Gasteiger partial charge is 0.352 e.